The van der Waals surface area contributed by atoms with Gasteiger partial charge in [0.05, 0.1) is 29.3 Å². The second-order valence-corrected chi connectivity index (χ2v) is 8.31. The van der Waals surface area contributed by atoms with Gasteiger partial charge in [-0.05, 0) is 37.6 Å². The molecule has 2 aromatic carbocycles. The number of halogens is 1. The van der Waals surface area contributed by atoms with Crippen molar-refractivity contribution in [1.82, 2.24) is 20.0 Å². The minimum atomic E-state index is 0.0256. The molecule has 4 rings (SSSR count). The number of anilines is 1. The van der Waals surface area contributed by atoms with Crippen molar-refractivity contribution in [3.05, 3.63) is 76.6 Å². The van der Waals surface area contributed by atoms with Crippen LogP contribution in [0, 0.1) is 13.8 Å². The third-order valence-electron chi connectivity index (χ3n) is 5.74. The third kappa shape index (κ3) is 4.92. The van der Waals surface area contributed by atoms with E-state index in [1.165, 1.54) is 5.69 Å². The zero-order valence-electron chi connectivity index (χ0n) is 18.0. The number of hydrogen-bond acceptors (Lipinski definition) is 4. The van der Waals surface area contributed by atoms with Crippen molar-refractivity contribution in [3.8, 4) is 5.69 Å². The summed E-state index contributed by atoms with van der Waals surface area (Å²) in [6.45, 7) is 8.48. The molecular formula is C24H28ClN5O. The van der Waals surface area contributed by atoms with Gasteiger partial charge in [0, 0.05) is 37.7 Å². The van der Waals surface area contributed by atoms with E-state index in [1.807, 2.05) is 47.1 Å². The smallest absolute Gasteiger partial charge is 0.234 e. The van der Waals surface area contributed by atoms with Crippen molar-refractivity contribution in [3.63, 3.8) is 0 Å². The number of benzene rings is 2. The summed E-state index contributed by atoms with van der Waals surface area (Å²) in [5.41, 5.74) is 5.39. The molecule has 0 bridgehead atoms. The first-order valence-electron chi connectivity index (χ1n) is 10.6. The number of aromatic nitrogens is 2. The molecule has 162 valence electrons. The van der Waals surface area contributed by atoms with Crippen LogP contribution < -0.4 is 10.2 Å². The van der Waals surface area contributed by atoms with E-state index in [-0.39, 0.29) is 5.91 Å². The van der Waals surface area contributed by atoms with Crippen molar-refractivity contribution in [2.45, 2.75) is 20.4 Å². The quantitative estimate of drug-likeness (QED) is 0.640. The number of hydrogen-bond donors (Lipinski definition) is 1. The number of nitrogens with one attached hydrogen (secondary N) is 1. The highest BCUT2D eigenvalue weighted by Crippen LogP contribution is 2.27. The maximum absolute atomic E-state index is 12.4. The molecule has 0 atom stereocenters. The minimum Gasteiger partial charge on any atom is -0.366 e. The lowest BCUT2D eigenvalue weighted by Crippen LogP contribution is -2.49. The fourth-order valence-electron chi connectivity index (χ4n) is 4.14. The molecule has 1 saturated heterocycles. The second-order valence-electron chi connectivity index (χ2n) is 7.90. The molecule has 6 nitrogen and oxygen atoms in total. The van der Waals surface area contributed by atoms with Gasteiger partial charge >= 0.3 is 0 Å². The van der Waals surface area contributed by atoms with E-state index in [4.69, 9.17) is 16.7 Å². The molecule has 3 aromatic rings. The summed E-state index contributed by atoms with van der Waals surface area (Å²) in [6.07, 6.45) is 0. The van der Waals surface area contributed by atoms with Crippen LogP contribution in [0.4, 0.5) is 5.69 Å². The van der Waals surface area contributed by atoms with Gasteiger partial charge in [-0.25, -0.2) is 4.68 Å². The number of rotatable bonds is 6. The van der Waals surface area contributed by atoms with Crippen LogP contribution in [-0.2, 0) is 11.3 Å². The zero-order valence-corrected chi connectivity index (χ0v) is 18.8. The van der Waals surface area contributed by atoms with E-state index >= 15 is 0 Å². The van der Waals surface area contributed by atoms with E-state index < -0.39 is 0 Å². The molecule has 1 fully saturated rings. The minimum absolute atomic E-state index is 0.0256. The predicted octanol–water partition coefficient (Wildman–Crippen LogP) is 3.58. The molecule has 2 heterocycles. The number of amides is 1. The molecule has 1 aliphatic heterocycles. The van der Waals surface area contributed by atoms with Gasteiger partial charge in [-0.15, -0.1) is 0 Å². The molecular weight excluding hydrogens is 410 g/mol. The van der Waals surface area contributed by atoms with Crippen molar-refractivity contribution in [1.29, 1.82) is 0 Å². The van der Waals surface area contributed by atoms with Crippen LogP contribution in [0.25, 0.3) is 5.69 Å². The largest absolute Gasteiger partial charge is 0.366 e. The monoisotopic (exact) mass is 437 g/mol. The Hall–Kier alpha value is -2.83. The summed E-state index contributed by atoms with van der Waals surface area (Å²) >= 11 is 6.17. The van der Waals surface area contributed by atoms with E-state index in [1.54, 1.807) is 0 Å². The summed E-state index contributed by atoms with van der Waals surface area (Å²) in [6, 6.07) is 17.8. The van der Waals surface area contributed by atoms with E-state index in [0.717, 1.165) is 48.8 Å². The predicted molar refractivity (Wildman–Crippen MR) is 125 cm³/mol. The van der Waals surface area contributed by atoms with E-state index in [9.17, 15) is 4.79 Å². The van der Waals surface area contributed by atoms with Crippen molar-refractivity contribution < 1.29 is 4.79 Å². The number of carbonyl (C=O) groups excluding carboxylic acids is 1. The van der Waals surface area contributed by atoms with Crippen molar-refractivity contribution in [2.75, 3.05) is 37.6 Å². The summed E-state index contributed by atoms with van der Waals surface area (Å²) in [4.78, 5) is 17.0. The molecule has 1 aromatic heterocycles. The average molecular weight is 438 g/mol. The number of para-hydroxylation sites is 1. The van der Waals surface area contributed by atoms with Gasteiger partial charge in [-0.3, -0.25) is 9.69 Å². The van der Waals surface area contributed by atoms with E-state index in [0.29, 0.717) is 18.1 Å². The summed E-state index contributed by atoms with van der Waals surface area (Å²) in [5.74, 6) is 0.0256. The van der Waals surface area contributed by atoms with Crippen LogP contribution in [-0.4, -0.2) is 53.3 Å². The Labute approximate surface area is 188 Å². The fourth-order valence-corrected chi connectivity index (χ4v) is 4.34. The van der Waals surface area contributed by atoms with Gasteiger partial charge in [0.1, 0.15) is 0 Å². The highest BCUT2D eigenvalue weighted by atomic mass is 35.5. The molecule has 0 saturated carbocycles. The van der Waals surface area contributed by atoms with Gasteiger partial charge in [0.2, 0.25) is 5.91 Å². The Morgan fingerprint density at radius 1 is 1.00 bits per heavy atom. The third-order valence-corrected chi connectivity index (χ3v) is 6.11. The maximum atomic E-state index is 12.4. The number of nitrogens with zero attached hydrogens (tertiary/aromatic N) is 4. The highest BCUT2D eigenvalue weighted by Gasteiger charge is 2.24. The van der Waals surface area contributed by atoms with Gasteiger partial charge in [0.25, 0.3) is 0 Å². The van der Waals surface area contributed by atoms with Gasteiger partial charge in [0.15, 0.2) is 0 Å². The molecule has 1 amide bonds. The van der Waals surface area contributed by atoms with Gasteiger partial charge < -0.3 is 10.2 Å². The van der Waals surface area contributed by atoms with Crippen LogP contribution in [0.5, 0.6) is 0 Å². The molecule has 0 unspecified atom stereocenters. The second kappa shape index (κ2) is 9.54. The first kappa shape index (κ1) is 21.4. The molecule has 31 heavy (non-hydrogen) atoms. The van der Waals surface area contributed by atoms with Crippen LogP contribution in [0.1, 0.15) is 17.0 Å². The first-order valence-corrected chi connectivity index (χ1v) is 11.0. The Balaban J connectivity index is 1.32. The number of aryl methyl sites for hydroxylation is 1. The normalized spacial score (nSPS) is 14.6. The Kier molecular flexibility index (Phi) is 6.59. The molecule has 0 spiro atoms. The lowest BCUT2D eigenvalue weighted by molar-refractivity contribution is -0.122. The Morgan fingerprint density at radius 2 is 1.68 bits per heavy atom. The van der Waals surface area contributed by atoms with Gasteiger partial charge in [-0.1, -0.05) is 48.0 Å². The Morgan fingerprint density at radius 3 is 2.39 bits per heavy atom. The van der Waals surface area contributed by atoms with Crippen LogP contribution in [0.2, 0.25) is 5.02 Å². The van der Waals surface area contributed by atoms with Gasteiger partial charge in [-0.2, -0.15) is 5.10 Å². The van der Waals surface area contributed by atoms with Crippen molar-refractivity contribution >= 4 is 23.2 Å². The summed E-state index contributed by atoms with van der Waals surface area (Å²) in [7, 11) is 0. The molecule has 0 aliphatic carbocycles. The molecule has 0 radical (unpaired) electrons. The molecule has 1 N–H and O–H groups in total. The lowest BCUT2D eigenvalue weighted by atomic mass is 10.2. The first-order chi connectivity index (χ1) is 15.0. The molecule has 7 heteroatoms. The number of carbonyl (C=O) groups is 1. The van der Waals surface area contributed by atoms with Crippen molar-refractivity contribution in [2.24, 2.45) is 0 Å². The fraction of sp³-hybridized carbons (Fsp3) is 0.333. The number of piperazine rings is 1. The molecule has 1 aliphatic rings. The summed E-state index contributed by atoms with van der Waals surface area (Å²) < 4.78 is 2.01. The summed E-state index contributed by atoms with van der Waals surface area (Å²) in [5, 5.41) is 8.43. The Bertz CT molecular complexity index is 1040. The topological polar surface area (TPSA) is 53.4 Å². The van der Waals surface area contributed by atoms with Crippen LogP contribution in [0.15, 0.2) is 54.6 Å². The van der Waals surface area contributed by atoms with Crippen LogP contribution >= 0.6 is 11.6 Å². The maximum Gasteiger partial charge on any atom is 0.234 e. The average Bonchev–Trinajstić information content (AvgIpc) is 3.08. The zero-order chi connectivity index (χ0) is 21.8. The van der Waals surface area contributed by atoms with Crippen LogP contribution in [0.3, 0.4) is 0 Å². The lowest BCUT2D eigenvalue weighted by Gasteiger charge is -2.35. The standard InChI is InChI=1S/C24H28ClN5O/c1-18-24(19(2)30(27-18)21-9-4-3-5-10-21)29-14-12-28(13-15-29)17-23(31)26-16-20-8-6-7-11-22(20)25/h3-11H,12-17H2,1-2H3,(H,26,31). The van der Waals surface area contributed by atoms with E-state index in [2.05, 4.69) is 41.1 Å². The SMILES string of the molecule is Cc1nn(-c2ccccc2)c(C)c1N1CCN(CC(=O)NCc2ccccc2Cl)CC1. The highest BCUT2D eigenvalue weighted by molar-refractivity contribution is 6.31.